The van der Waals surface area contributed by atoms with Gasteiger partial charge in [-0.1, -0.05) is 52.3 Å². The van der Waals surface area contributed by atoms with Crippen LogP contribution >= 0.6 is 0 Å². The van der Waals surface area contributed by atoms with Gasteiger partial charge in [0, 0.05) is 23.5 Å². The number of aliphatic hydroxyl groups excluding tert-OH is 1. The lowest BCUT2D eigenvalue weighted by molar-refractivity contribution is -0.145. The third-order valence-corrected chi connectivity index (χ3v) is 6.63. The van der Waals surface area contributed by atoms with E-state index in [-0.39, 0.29) is 18.3 Å². The Bertz CT molecular complexity index is 1110. The van der Waals surface area contributed by atoms with Crippen LogP contribution in [-0.4, -0.2) is 69.2 Å². The van der Waals surface area contributed by atoms with Crippen molar-refractivity contribution in [3.05, 3.63) is 36.0 Å². The number of nitrogens with two attached hydrogens (primary N) is 1. The van der Waals surface area contributed by atoms with Gasteiger partial charge in [0.05, 0.1) is 12.1 Å². The van der Waals surface area contributed by atoms with Gasteiger partial charge in [-0.25, -0.2) is 4.79 Å². The first kappa shape index (κ1) is 30.8. The van der Waals surface area contributed by atoms with Crippen LogP contribution in [0.2, 0.25) is 0 Å². The van der Waals surface area contributed by atoms with E-state index in [0.717, 1.165) is 16.5 Å². The summed E-state index contributed by atoms with van der Waals surface area (Å²) in [5.74, 6) is -3.32. The molecule has 0 aliphatic rings. The van der Waals surface area contributed by atoms with Crippen molar-refractivity contribution in [3.8, 4) is 0 Å². The summed E-state index contributed by atoms with van der Waals surface area (Å²) in [5, 5.41) is 27.9. The van der Waals surface area contributed by atoms with Gasteiger partial charge in [-0.2, -0.15) is 0 Å². The molecule has 0 bridgehead atoms. The molecule has 11 heteroatoms. The summed E-state index contributed by atoms with van der Waals surface area (Å²) in [5.41, 5.74) is 7.59. The summed E-state index contributed by atoms with van der Waals surface area (Å²) >= 11 is 0. The highest BCUT2D eigenvalue weighted by molar-refractivity contribution is 5.95. The van der Waals surface area contributed by atoms with E-state index in [9.17, 15) is 29.4 Å². The highest BCUT2D eigenvalue weighted by Crippen LogP contribution is 2.20. The minimum Gasteiger partial charge on any atom is -0.480 e. The second kappa shape index (κ2) is 13.9. The number of benzene rings is 1. The molecule has 0 spiro atoms. The molecule has 0 saturated heterocycles. The van der Waals surface area contributed by atoms with Crippen molar-refractivity contribution in [2.24, 2.45) is 17.6 Å². The van der Waals surface area contributed by atoms with Gasteiger partial charge in [0.2, 0.25) is 17.7 Å². The van der Waals surface area contributed by atoms with Crippen molar-refractivity contribution < 1.29 is 29.4 Å². The maximum Gasteiger partial charge on any atom is 0.328 e. The summed E-state index contributed by atoms with van der Waals surface area (Å²) in [6.07, 6.45) is 1.42. The molecule has 1 aromatic carbocycles. The van der Waals surface area contributed by atoms with Crippen molar-refractivity contribution in [2.75, 3.05) is 0 Å². The Balaban J connectivity index is 2.34. The second-order valence-corrected chi connectivity index (χ2v) is 10.3. The molecule has 6 atom stereocenters. The number of aromatic amines is 1. The van der Waals surface area contributed by atoms with Crippen LogP contribution in [0.3, 0.4) is 0 Å². The largest absolute Gasteiger partial charge is 0.480 e. The van der Waals surface area contributed by atoms with Crippen LogP contribution < -0.4 is 21.7 Å². The number of carboxylic acids is 1. The zero-order chi connectivity index (χ0) is 28.6. The van der Waals surface area contributed by atoms with E-state index in [1.54, 1.807) is 13.1 Å². The Labute approximate surface area is 222 Å². The molecule has 0 radical (unpaired) electrons. The number of fused-ring (bicyclic) bond motifs is 1. The smallest absolute Gasteiger partial charge is 0.328 e. The number of aromatic nitrogens is 1. The van der Waals surface area contributed by atoms with Crippen molar-refractivity contribution in [1.29, 1.82) is 0 Å². The van der Waals surface area contributed by atoms with E-state index in [0.29, 0.717) is 12.8 Å². The van der Waals surface area contributed by atoms with Crippen LogP contribution in [0.1, 0.15) is 53.0 Å². The van der Waals surface area contributed by atoms with Crippen LogP contribution in [0.5, 0.6) is 0 Å². The Hall–Kier alpha value is -3.44. The van der Waals surface area contributed by atoms with E-state index in [1.807, 2.05) is 45.0 Å². The van der Waals surface area contributed by atoms with Crippen molar-refractivity contribution >= 4 is 34.6 Å². The van der Waals surface area contributed by atoms with Gasteiger partial charge in [0.25, 0.3) is 0 Å². The summed E-state index contributed by atoms with van der Waals surface area (Å²) < 4.78 is 0. The topological polar surface area (TPSA) is 187 Å². The maximum atomic E-state index is 13.5. The molecule has 210 valence electrons. The third-order valence-electron chi connectivity index (χ3n) is 6.63. The first-order valence-electron chi connectivity index (χ1n) is 13.0. The van der Waals surface area contributed by atoms with Gasteiger partial charge < -0.3 is 36.9 Å². The highest BCUT2D eigenvalue weighted by atomic mass is 16.4. The number of aliphatic carboxylic acids is 1. The third kappa shape index (κ3) is 8.29. The van der Waals surface area contributed by atoms with Gasteiger partial charge in [-0.15, -0.1) is 0 Å². The van der Waals surface area contributed by atoms with Gasteiger partial charge in [0.1, 0.15) is 12.1 Å². The number of H-pyrrole nitrogens is 1. The molecule has 0 fully saturated rings. The number of hydrogen-bond donors (Lipinski definition) is 7. The van der Waals surface area contributed by atoms with E-state index in [2.05, 4.69) is 20.9 Å². The maximum absolute atomic E-state index is 13.5. The Morgan fingerprint density at radius 2 is 1.58 bits per heavy atom. The van der Waals surface area contributed by atoms with Gasteiger partial charge in [-0.3, -0.25) is 14.4 Å². The van der Waals surface area contributed by atoms with Crippen LogP contribution in [0, 0.1) is 11.8 Å². The predicted octanol–water partition coefficient (Wildman–Crippen LogP) is 1.05. The molecule has 1 heterocycles. The first-order chi connectivity index (χ1) is 17.8. The zero-order valence-electron chi connectivity index (χ0n) is 22.7. The number of amides is 3. The van der Waals surface area contributed by atoms with E-state index >= 15 is 0 Å². The van der Waals surface area contributed by atoms with Crippen LogP contribution in [0.4, 0.5) is 0 Å². The predicted molar refractivity (Wildman–Crippen MR) is 144 cm³/mol. The fourth-order valence-electron chi connectivity index (χ4n) is 4.21. The fraction of sp³-hybridized carbons (Fsp3) is 0.556. The van der Waals surface area contributed by atoms with Crippen molar-refractivity contribution in [1.82, 2.24) is 20.9 Å². The Morgan fingerprint density at radius 1 is 0.947 bits per heavy atom. The minimum atomic E-state index is -1.57. The number of aliphatic hydroxyl groups is 1. The number of nitrogens with one attached hydrogen (secondary N) is 4. The normalized spacial score (nSPS) is 16.2. The van der Waals surface area contributed by atoms with E-state index in [1.165, 1.54) is 6.92 Å². The fourth-order valence-corrected chi connectivity index (χ4v) is 4.21. The number of carbonyl (C=O) groups is 4. The summed E-state index contributed by atoms with van der Waals surface area (Å²) in [6.45, 7) is 8.82. The highest BCUT2D eigenvalue weighted by Gasteiger charge is 2.34. The Kier molecular flexibility index (Phi) is 11.3. The SMILES string of the molecule is CCC(C)C(NC(=O)C(N)CC(C)C)C(=O)NC(Cc1c[nH]c2ccccc12)C(=O)NC(C(=O)O)C(C)O. The molecule has 1 aromatic heterocycles. The number of para-hydroxylation sites is 1. The minimum absolute atomic E-state index is 0.0434. The second-order valence-electron chi connectivity index (χ2n) is 10.3. The van der Waals surface area contributed by atoms with E-state index < -0.39 is 54.0 Å². The molecule has 6 unspecified atom stereocenters. The number of rotatable bonds is 14. The van der Waals surface area contributed by atoms with Crippen molar-refractivity contribution in [2.45, 2.75) is 84.2 Å². The first-order valence-corrected chi connectivity index (χ1v) is 13.0. The number of carbonyl (C=O) groups excluding carboxylic acids is 3. The molecular formula is C27H41N5O6. The van der Waals surface area contributed by atoms with E-state index in [4.69, 9.17) is 5.73 Å². The molecule has 0 aliphatic carbocycles. The lowest BCUT2D eigenvalue weighted by Crippen LogP contribution is -2.60. The lowest BCUT2D eigenvalue weighted by atomic mass is 9.96. The molecular weight excluding hydrogens is 490 g/mol. The summed E-state index contributed by atoms with van der Waals surface area (Å²) in [6, 6.07) is 2.94. The van der Waals surface area contributed by atoms with Crippen LogP contribution in [-0.2, 0) is 25.6 Å². The van der Waals surface area contributed by atoms with Crippen LogP contribution in [0.15, 0.2) is 30.5 Å². The molecule has 0 aliphatic heterocycles. The van der Waals surface area contributed by atoms with Gasteiger partial charge in [0.15, 0.2) is 6.04 Å². The monoisotopic (exact) mass is 531 g/mol. The molecule has 8 N–H and O–H groups in total. The standard InChI is InChI=1S/C27H41N5O6/c1-6-15(4)22(31-24(34)19(28)11-14(2)3)26(36)30-21(25(35)32-23(16(5)33)27(37)38)12-17-13-29-20-10-8-7-9-18(17)20/h7-10,13-16,19,21-23,29,33H,6,11-12,28H2,1-5H3,(H,30,36)(H,31,34)(H,32,35)(H,37,38). The quantitative estimate of drug-likeness (QED) is 0.190. The lowest BCUT2D eigenvalue weighted by Gasteiger charge is -2.28. The zero-order valence-corrected chi connectivity index (χ0v) is 22.7. The van der Waals surface area contributed by atoms with Crippen molar-refractivity contribution in [3.63, 3.8) is 0 Å². The van der Waals surface area contributed by atoms with Gasteiger partial charge >= 0.3 is 5.97 Å². The van der Waals surface area contributed by atoms with Crippen LogP contribution in [0.25, 0.3) is 10.9 Å². The number of carboxylic acid groups (broad SMARTS) is 1. The number of hydrogen-bond acceptors (Lipinski definition) is 6. The molecule has 11 nitrogen and oxygen atoms in total. The van der Waals surface area contributed by atoms with Gasteiger partial charge in [-0.05, 0) is 36.8 Å². The molecule has 2 aromatic rings. The molecule has 0 saturated carbocycles. The molecule has 3 amide bonds. The summed E-state index contributed by atoms with van der Waals surface area (Å²) in [7, 11) is 0. The summed E-state index contributed by atoms with van der Waals surface area (Å²) in [4.78, 5) is 54.2. The average Bonchev–Trinajstić information content (AvgIpc) is 3.26. The molecule has 38 heavy (non-hydrogen) atoms. The molecule has 2 rings (SSSR count). The average molecular weight is 532 g/mol. The Morgan fingerprint density at radius 3 is 2.16 bits per heavy atom.